The molecule has 0 radical (unpaired) electrons. The number of nitrogens with zero attached hydrogens (tertiary/aromatic N) is 4. The highest BCUT2D eigenvalue weighted by Gasteiger charge is 2.34. The molecule has 4 rings (SSSR count). The number of carbonyl (C=O) groups excluding carboxylic acids is 1. The Balaban J connectivity index is 1.57. The Labute approximate surface area is 135 Å². The summed E-state index contributed by atoms with van der Waals surface area (Å²) >= 11 is 0. The maximum Gasteiger partial charge on any atom is 0.243 e. The van der Waals surface area contributed by atoms with Gasteiger partial charge in [-0.25, -0.2) is 0 Å². The molecule has 120 valence electrons. The van der Waals surface area contributed by atoms with Gasteiger partial charge in [0.25, 0.3) is 0 Å². The van der Waals surface area contributed by atoms with Crippen LogP contribution in [0, 0.1) is 0 Å². The van der Waals surface area contributed by atoms with Crippen molar-refractivity contribution in [1.82, 2.24) is 25.1 Å². The molecule has 2 aromatic heterocycles. The summed E-state index contributed by atoms with van der Waals surface area (Å²) in [6.45, 7) is 0. The molecular formula is C17H21N5O. The van der Waals surface area contributed by atoms with E-state index in [1.54, 1.807) is 6.20 Å². The smallest absolute Gasteiger partial charge is 0.243 e. The SMILES string of the molecule is O=C(NC1CCCCC1)C1CCc2nnc(-c3ccccn3)n21. The number of aromatic nitrogens is 4. The molecule has 0 spiro atoms. The van der Waals surface area contributed by atoms with Gasteiger partial charge in [-0.3, -0.25) is 14.3 Å². The van der Waals surface area contributed by atoms with E-state index >= 15 is 0 Å². The van der Waals surface area contributed by atoms with Crippen LogP contribution in [0.4, 0.5) is 0 Å². The van der Waals surface area contributed by atoms with Crippen LogP contribution in [0.15, 0.2) is 24.4 Å². The van der Waals surface area contributed by atoms with Crippen LogP contribution in [0.25, 0.3) is 11.5 Å². The second kappa shape index (κ2) is 6.10. The minimum Gasteiger partial charge on any atom is -0.352 e. The van der Waals surface area contributed by atoms with E-state index in [-0.39, 0.29) is 11.9 Å². The Morgan fingerprint density at radius 3 is 2.78 bits per heavy atom. The number of hydrogen-bond donors (Lipinski definition) is 1. The zero-order valence-electron chi connectivity index (χ0n) is 13.1. The van der Waals surface area contributed by atoms with Crippen LogP contribution < -0.4 is 5.32 Å². The lowest BCUT2D eigenvalue weighted by Gasteiger charge is -2.25. The van der Waals surface area contributed by atoms with Crippen LogP contribution in [-0.4, -0.2) is 31.7 Å². The maximum atomic E-state index is 12.7. The minimum atomic E-state index is -0.209. The van der Waals surface area contributed by atoms with Gasteiger partial charge in [0.05, 0.1) is 0 Å². The quantitative estimate of drug-likeness (QED) is 0.944. The summed E-state index contributed by atoms with van der Waals surface area (Å²) in [6.07, 6.45) is 9.24. The second-order valence-electron chi connectivity index (χ2n) is 6.42. The van der Waals surface area contributed by atoms with Gasteiger partial charge >= 0.3 is 0 Å². The first-order valence-electron chi connectivity index (χ1n) is 8.48. The van der Waals surface area contributed by atoms with Crippen LogP contribution in [0.5, 0.6) is 0 Å². The molecule has 2 aromatic rings. The van der Waals surface area contributed by atoms with Crippen LogP contribution in [0.1, 0.15) is 50.4 Å². The van der Waals surface area contributed by atoms with Gasteiger partial charge in [-0.15, -0.1) is 10.2 Å². The molecular weight excluding hydrogens is 290 g/mol. The van der Waals surface area contributed by atoms with Crippen molar-refractivity contribution in [2.24, 2.45) is 0 Å². The molecule has 1 atom stereocenters. The van der Waals surface area contributed by atoms with Crippen molar-refractivity contribution in [2.75, 3.05) is 0 Å². The summed E-state index contributed by atoms with van der Waals surface area (Å²) < 4.78 is 1.97. The highest BCUT2D eigenvalue weighted by Crippen LogP contribution is 2.31. The van der Waals surface area contributed by atoms with Crippen LogP contribution >= 0.6 is 0 Å². The number of rotatable bonds is 3. The maximum absolute atomic E-state index is 12.7. The van der Waals surface area contributed by atoms with Gasteiger partial charge in [-0.2, -0.15) is 0 Å². The highest BCUT2D eigenvalue weighted by molar-refractivity contribution is 5.81. The summed E-state index contributed by atoms with van der Waals surface area (Å²) in [7, 11) is 0. The molecule has 1 unspecified atom stereocenters. The summed E-state index contributed by atoms with van der Waals surface area (Å²) in [5.41, 5.74) is 0.767. The fourth-order valence-corrected chi connectivity index (χ4v) is 3.68. The lowest BCUT2D eigenvalue weighted by atomic mass is 9.95. The molecule has 6 heteroatoms. The van der Waals surface area contributed by atoms with E-state index in [2.05, 4.69) is 20.5 Å². The first-order valence-corrected chi connectivity index (χ1v) is 8.48. The molecule has 2 aliphatic rings. The van der Waals surface area contributed by atoms with Crippen LogP contribution in [0.2, 0.25) is 0 Å². The van der Waals surface area contributed by atoms with Gasteiger partial charge in [0.2, 0.25) is 5.91 Å². The lowest BCUT2D eigenvalue weighted by molar-refractivity contribution is -0.125. The topological polar surface area (TPSA) is 72.7 Å². The second-order valence-corrected chi connectivity index (χ2v) is 6.42. The Hall–Kier alpha value is -2.24. The number of pyridine rings is 1. The Bertz CT molecular complexity index is 690. The average Bonchev–Trinajstić information content (AvgIpc) is 3.18. The molecule has 0 saturated heterocycles. The first-order chi connectivity index (χ1) is 11.3. The zero-order chi connectivity index (χ0) is 15.6. The van der Waals surface area contributed by atoms with E-state index in [0.29, 0.717) is 11.9 Å². The molecule has 0 bridgehead atoms. The first kappa shape index (κ1) is 14.4. The monoisotopic (exact) mass is 311 g/mol. The Morgan fingerprint density at radius 2 is 2.00 bits per heavy atom. The van der Waals surface area contributed by atoms with Gasteiger partial charge < -0.3 is 5.32 Å². The van der Waals surface area contributed by atoms with E-state index in [9.17, 15) is 4.79 Å². The third-order valence-electron chi connectivity index (χ3n) is 4.87. The third-order valence-corrected chi connectivity index (χ3v) is 4.87. The third kappa shape index (κ3) is 2.73. The molecule has 23 heavy (non-hydrogen) atoms. The summed E-state index contributed by atoms with van der Waals surface area (Å²) in [6, 6.07) is 5.83. The van der Waals surface area contributed by atoms with Crippen molar-refractivity contribution in [3.05, 3.63) is 30.2 Å². The molecule has 0 aromatic carbocycles. The molecule has 1 amide bonds. The van der Waals surface area contributed by atoms with Crippen LogP contribution in [0.3, 0.4) is 0 Å². The Kier molecular flexibility index (Phi) is 3.81. The summed E-state index contributed by atoms with van der Waals surface area (Å²) in [4.78, 5) is 17.1. The fourth-order valence-electron chi connectivity index (χ4n) is 3.68. The Morgan fingerprint density at radius 1 is 1.13 bits per heavy atom. The van der Waals surface area contributed by atoms with E-state index < -0.39 is 0 Å². The van der Waals surface area contributed by atoms with Gasteiger partial charge in [0.1, 0.15) is 17.6 Å². The normalized spacial score (nSPS) is 21.1. The lowest BCUT2D eigenvalue weighted by Crippen LogP contribution is -2.40. The molecule has 6 nitrogen and oxygen atoms in total. The van der Waals surface area contributed by atoms with E-state index in [1.165, 1.54) is 19.3 Å². The number of hydrogen-bond acceptors (Lipinski definition) is 4. The predicted molar refractivity (Wildman–Crippen MR) is 85.6 cm³/mol. The molecule has 1 aliphatic carbocycles. The van der Waals surface area contributed by atoms with Gasteiger partial charge in [-0.05, 0) is 31.4 Å². The highest BCUT2D eigenvalue weighted by atomic mass is 16.2. The molecule has 1 N–H and O–H groups in total. The van der Waals surface area contributed by atoms with Crippen molar-refractivity contribution in [3.8, 4) is 11.5 Å². The van der Waals surface area contributed by atoms with Crippen molar-refractivity contribution >= 4 is 5.91 Å². The van der Waals surface area contributed by atoms with Crippen molar-refractivity contribution in [2.45, 2.75) is 57.0 Å². The standard InChI is InChI=1S/C17H21N5O/c23-17(19-12-6-2-1-3-7-12)14-9-10-15-20-21-16(22(14)15)13-8-4-5-11-18-13/h4-5,8,11-12,14H,1-3,6-7,9-10H2,(H,19,23). The zero-order valence-corrected chi connectivity index (χ0v) is 13.1. The molecule has 1 aliphatic heterocycles. The number of nitrogens with one attached hydrogen (secondary N) is 1. The number of aryl methyl sites for hydroxylation is 1. The van der Waals surface area contributed by atoms with E-state index in [4.69, 9.17) is 0 Å². The largest absolute Gasteiger partial charge is 0.352 e. The summed E-state index contributed by atoms with van der Waals surface area (Å²) in [5, 5.41) is 11.7. The van der Waals surface area contributed by atoms with Gasteiger partial charge in [0.15, 0.2) is 5.82 Å². The van der Waals surface area contributed by atoms with E-state index in [0.717, 1.165) is 37.2 Å². The minimum absolute atomic E-state index is 0.104. The number of carbonyl (C=O) groups is 1. The fraction of sp³-hybridized carbons (Fsp3) is 0.529. The van der Waals surface area contributed by atoms with Crippen molar-refractivity contribution in [3.63, 3.8) is 0 Å². The number of amides is 1. The van der Waals surface area contributed by atoms with Gasteiger partial charge in [0, 0.05) is 18.7 Å². The van der Waals surface area contributed by atoms with Gasteiger partial charge in [-0.1, -0.05) is 25.3 Å². The molecule has 1 fully saturated rings. The molecule has 3 heterocycles. The van der Waals surface area contributed by atoms with E-state index in [1.807, 2.05) is 22.8 Å². The number of fused-ring (bicyclic) bond motifs is 1. The average molecular weight is 311 g/mol. The van der Waals surface area contributed by atoms with Crippen LogP contribution in [-0.2, 0) is 11.2 Å². The molecule has 1 saturated carbocycles. The predicted octanol–water partition coefficient (Wildman–Crippen LogP) is 2.28. The summed E-state index contributed by atoms with van der Waals surface area (Å²) in [5.74, 6) is 1.68. The van der Waals surface area contributed by atoms with Crippen molar-refractivity contribution < 1.29 is 4.79 Å². The van der Waals surface area contributed by atoms with Crippen molar-refractivity contribution in [1.29, 1.82) is 0 Å².